The van der Waals surface area contributed by atoms with Gasteiger partial charge < -0.3 is 9.47 Å². The molecule has 1 amide bonds. The smallest absolute Gasteiger partial charge is 0.271 e. The van der Waals surface area contributed by atoms with E-state index >= 15 is 0 Å². The van der Waals surface area contributed by atoms with Gasteiger partial charge in [-0.05, 0) is 25.5 Å². The highest BCUT2D eigenvalue weighted by Gasteiger charge is 2.17. The number of carbonyl (C=O) groups excluding carboxylic acids is 1. The van der Waals surface area contributed by atoms with Gasteiger partial charge in [-0.25, -0.2) is 0 Å². The first-order valence-electron chi connectivity index (χ1n) is 5.46. The zero-order valence-corrected chi connectivity index (χ0v) is 10.2. The standard InChI is InChI=1S/C13H18N2O/c1-5-9-15(10-6-2)13(16)12-8-7-11(3)14(12)4/h1,7-8H,6,9-10H2,2-4H3. The number of rotatable bonds is 4. The van der Waals surface area contributed by atoms with Crippen LogP contribution >= 0.6 is 0 Å². The van der Waals surface area contributed by atoms with Gasteiger partial charge in [-0.2, -0.15) is 0 Å². The SMILES string of the molecule is C#CCN(CCC)C(=O)c1ccc(C)n1C. The van der Waals surface area contributed by atoms with E-state index in [9.17, 15) is 4.79 Å². The van der Waals surface area contributed by atoms with Crippen molar-refractivity contribution in [1.82, 2.24) is 9.47 Å². The van der Waals surface area contributed by atoms with Gasteiger partial charge in [-0.15, -0.1) is 6.42 Å². The summed E-state index contributed by atoms with van der Waals surface area (Å²) >= 11 is 0. The van der Waals surface area contributed by atoms with Crippen molar-refractivity contribution in [1.29, 1.82) is 0 Å². The van der Waals surface area contributed by atoms with E-state index in [-0.39, 0.29) is 5.91 Å². The summed E-state index contributed by atoms with van der Waals surface area (Å²) in [5, 5.41) is 0. The zero-order valence-electron chi connectivity index (χ0n) is 10.2. The van der Waals surface area contributed by atoms with Crippen LogP contribution in [0.1, 0.15) is 29.5 Å². The molecule has 0 aliphatic rings. The number of nitrogens with zero attached hydrogens (tertiary/aromatic N) is 2. The van der Waals surface area contributed by atoms with Crippen LogP contribution in [0.25, 0.3) is 0 Å². The lowest BCUT2D eigenvalue weighted by atomic mass is 10.3. The molecule has 0 radical (unpaired) electrons. The Bertz CT molecular complexity index is 412. The highest BCUT2D eigenvalue weighted by Crippen LogP contribution is 2.09. The monoisotopic (exact) mass is 218 g/mol. The Labute approximate surface area is 97.1 Å². The Morgan fingerprint density at radius 3 is 2.69 bits per heavy atom. The third-order valence-corrected chi connectivity index (χ3v) is 2.65. The number of amides is 1. The summed E-state index contributed by atoms with van der Waals surface area (Å²) in [6, 6.07) is 3.78. The van der Waals surface area contributed by atoms with Crippen LogP contribution in [0.3, 0.4) is 0 Å². The van der Waals surface area contributed by atoms with Crippen molar-refractivity contribution in [2.45, 2.75) is 20.3 Å². The van der Waals surface area contributed by atoms with Crippen molar-refractivity contribution in [2.75, 3.05) is 13.1 Å². The summed E-state index contributed by atoms with van der Waals surface area (Å²) in [6.45, 7) is 5.08. The molecular weight excluding hydrogens is 200 g/mol. The molecule has 1 aromatic heterocycles. The minimum Gasteiger partial charge on any atom is -0.344 e. The molecule has 1 aromatic rings. The van der Waals surface area contributed by atoms with Crippen molar-refractivity contribution < 1.29 is 4.79 Å². The Hall–Kier alpha value is -1.69. The van der Waals surface area contributed by atoms with Gasteiger partial charge in [0.15, 0.2) is 0 Å². The number of aryl methyl sites for hydroxylation is 1. The molecule has 0 fully saturated rings. The Balaban J connectivity index is 2.91. The normalized spacial score (nSPS) is 9.88. The lowest BCUT2D eigenvalue weighted by Gasteiger charge is -2.19. The molecular formula is C13H18N2O. The fourth-order valence-corrected chi connectivity index (χ4v) is 1.62. The van der Waals surface area contributed by atoms with Crippen LogP contribution in [0.15, 0.2) is 12.1 Å². The number of hydrogen-bond acceptors (Lipinski definition) is 1. The van der Waals surface area contributed by atoms with Gasteiger partial charge >= 0.3 is 0 Å². The van der Waals surface area contributed by atoms with E-state index in [1.54, 1.807) is 4.90 Å². The van der Waals surface area contributed by atoms with Crippen LogP contribution in [-0.2, 0) is 7.05 Å². The molecule has 0 N–H and O–H groups in total. The van der Waals surface area contributed by atoms with Gasteiger partial charge in [0.25, 0.3) is 5.91 Å². The summed E-state index contributed by atoms with van der Waals surface area (Å²) in [5.74, 6) is 2.53. The third-order valence-electron chi connectivity index (χ3n) is 2.65. The fourth-order valence-electron chi connectivity index (χ4n) is 1.62. The summed E-state index contributed by atoms with van der Waals surface area (Å²) in [5.41, 5.74) is 1.77. The fraction of sp³-hybridized carbons (Fsp3) is 0.462. The summed E-state index contributed by atoms with van der Waals surface area (Å²) in [7, 11) is 1.89. The van der Waals surface area contributed by atoms with Gasteiger partial charge in [0.1, 0.15) is 5.69 Å². The molecule has 0 atom stereocenters. The van der Waals surface area contributed by atoms with Crippen LogP contribution in [0, 0.1) is 19.3 Å². The van der Waals surface area contributed by atoms with E-state index in [1.165, 1.54) is 0 Å². The maximum Gasteiger partial charge on any atom is 0.271 e. The molecule has 0 unspecified atom stereocenters. The van der Waals surface area contributed by atoms with Crippen molar-refractivity contribution in [3.05, 3.63) is 23.5 Å². The topological polar surface area (TPSA) is 25.2 Å². The van der Waals surface area contributed by atoms with Gasteiger partial charge in [0.2, 0.25) is 0 Å². The third kappa shape index (κ3) is 2.46. The Kier molecular flexibility index (Phi) is 4.19. The molecule has 0 aliphatic heterocycles. The van der Waals surface area contributed by atoms with Crippen molar-refractivity contribution in [2.24, 2.45) is 7.05 Å². The summed E-state index contributed by atoms with van der Waals surface area (Å²) < 4.78 is 1.89. The van der Waals surface area contributed by atoms with Gasteiger partial charge in [-0.1, -0.05) is 12.8 Å². The minimum atomic E-state index is 0.00963. The summed E-state index contributed by atoms with van der Waals surface area (Å²) in [6.07, 6.45) is 6.18. The maximum absolute atomic E-state index is 12.2. The average molecular weight is 218 g/mol. The molecule has 0 aliphatic carbocycles. The second-order valence-corrected chi connectivity index (χ2v) is 3.85. The zero-order chi connectivity index (χ0) is 12.1. The van der Waals surface area contributed by atoms with E-state index in [1.807, 2.05) is 37.6 Å². The lowest BCUT2D eigenvalue weighted by Crippen LogP contribution is -2.33. The van der Waals surface area contributed by atoms with Gasteiger partial charge in [-0.3, -0.25) is 4.79 Å². The molecule has 0 bridgehead atoms. The first-order valence-corrected chi connectivity index (χ1v) is 5.46. The Morgan fingerprint density at radius 2 is 2.25 bits per heavy atom. The van der Waals surface area contributed by atoms with Crippen LogP contribution in [-0.4, -0.2) is 28.5 Å². The van der Waals surface area contributed by atoms with Crippen LogP contribution in [0.5, 0.6) is 0 Å². The van der Waals surface area contributed by atoms with E-state index < -0.39 is 0 Å². The molecule has 0 saturated carbocycles. The maximum atomic E-state index is 12.2. The van der Waals surface area contributed by atoms with Crippen LogP contribution < -0.4 is 0 Å². The van der Waals surface area contributed by atoms with Crippen LogP contribution in [0.2, 0.25) is 0 Å². The summed E-state index contributed by atoms with van der Waals surface area (Å²) in [4.78, 5) is 13.9. The van der Waals surface area contributed by atoms with Crippen molar-refractivity contribution >= 4 is 5.91 Å². The van der Waals surface area contributed by atoms with Gasteiger partial charge in [0, 0.05) is 19.3 Å². The van der Waals surface area contributed by atoms with E-state index in [0.29, 0.717) is 18.8 Å². The Morgan fingerprint density at radius 1 is 1.56 bits per heavy atom. The number of hydrogen-bond donors (Lipinski definition) is 0. The molecule has 0 aromatic carbocycles. The number of terminal acetylenes is 1. The largest absolute Gasteiger partial charge is 0.344 e. The first-order chi connectivity index (χ1) is 7.61. The molecule has 0 spiro atoms. The predicted molar refractivity (Wildman–Crippen MR) is 65.2 cm³/mol. The van der Waals surface area contributed by atoms with Crippen LogP contribution in [0.4, 0.5) is 0 Å². The second kappa shape index (κ2) is 5.41. The molecule has 16 heavy (non-hydrogen) atoms. The average Bonchev–Trinajstić information content (AvgIpc) is 2.59. The van der Waals surface area contributed by atoms with E-state index in [2.05, 4.69) is 5.92 Å². The molecule has 86 valence electrons. The van der Waals surface area contributed by atoms with Crippen molar-refractivity contribution in [3.8, 4) is 12.3 Å². The van der Waals surface area contributed by atoms with Gasteiger partial charge in [0.05, 0.1) is 6.54 Å². The molecule has 1 rings (SSSR count). The number of aromatic nitrogens is 1. The minimum absolute atomic E-state index is 0.00963. The number of carbonyl (C=O) groups is 1. The molecule has 1 heterocycles. The second-order valence-electron chi connectivity index (χ2n) is 3.85. The lowest BCUT2D eigenvalue weighted by molar-refractivity contribution is 0.0767. The predicted octanol–water partition coefficient (Wildman–Crippen LogP) is 1.82. The molecule has 3 heteroatoms. The first kappa shape index (κ1) is 12.4. The van der Waals surface area contributed by atoms with E-state index in [0.717, 1.165) is 12.1 Å². The highest BCUT2D eigenvalue weighted by atomic mass is 16.2. The highest BCUT2D eigenvalue weighted by molar-refractivity contribution is 5.93. The quantitative estimate of drug-likeness (QED) is 0.708. The molecule has 0 saturated heterocycles. The van der Waals surface area contributed by atoms with Crippen molar-refractivity contribution in [3.63, 3.8) is 0 Å². The molecule has 3 nitrogen and oxygen atoms in total. The van der Waals surface area contributed by atoms with E-state index in [4.69, 9.17) is 6.42 Å².